The van der Waals surface area contributed by atoms with Crippen molar-refractivity contribution in [1.82, 2.24) is 5.32 Å². The first kappa shape index (κ1) is 16.5. The molecule has 0 unspecified atom stereocenters. The molecule has 0 spiro atoms. The highest BCUT2D eigenvalue weighted by Crippen LogP contribution is 2.27. The average Bonchev–Trinajstić information content (AvgIpc) is 2.98. The van der Waals surface area contributed by atoms with Crippen molar-refractivity contribution in [2.45, 2.75) is 25.9 Å². The van der Waals surface area contributed by atoms with Crippen LogP contribution in [0.1, 0.15) is 19.8 Å². The Kier molecular flexibility index (Phi) is 5.97. The molecule has 1 saturated heterocycles. The second-order valence-corrected chi connectivity index (χ2v) is 5.47. The van der Waals surface area contributed by atoms with Gasteiger partial charge in [0.15, 0.2) is 5.11 Å². The molecular formula is C15H21N3O3S. The van der Waals surface area contributed by atoms with Gasteiger partial charge in [0.25, 0.3) is 0 Å². The smallest absolute Gasteiger partial charge is 0.221 e. The van der Waals surface area contributed by atoms with E-state index in [1.54, 1.807) is 25.3 Å². The van der Waals surface area contributed by atoms with Crippen LogP contribution in [0.4, 0.5) is 11.4 Å². The van der Waals surface area contributed by atoms with Crippen LogP contribution >= 0.6 is 12.2 Å². The number of rotatable bonds is 5. The van der Waals surface area contributed by atoms with Gasteiger partial charge in [0.1, 0.15) is 5.75 Å². The number of ether oxygens (including phenoxy) is 2. The van der Waals surface area contributed by atoms with Crippen molar-refractivity contribution >= 4 is 34.6 Å². The van der Waals surface area contributed by atoms with Crippen molar-refractivity contribution < 1.29 is 14.3 Å². The van der Waals surface area contributed by atoms with Crippen LogP contribution in [0.2, 0.25) is 0 Å². The Balaban J connectivity index is 1.96. The molecule has 1 atom stereocenters. The fraction of sp³-hybridized carbons (Fsp3) is 0.467. The summed E-state index contributed by atoms with van der Waals surface area (Å²) in [4.78, 5) is 11.1. The zero-order chi connectivity index (χ0) is 15.9. The fourth-order valence-corrected chi connectivity index (χ4v) is 2.46. The van der Waals surface area contributed by atoms with E-state index >= 15 is 0 Å². The molecule has 6 nitrogen and oxygen atoms in total. The Bertz CT molecular complexity index is 545. The maximum Gasteiger partial charge on any atom is 0.221 e. The van der Waals surface area contributed by atoms with Crippen LogP contribution in [0.15, 0.2) is 18.2 Å². The minimum absolute atomic E-state index is 0.129. The average molecular weight is 323 g/mol. The molecule has 22 heavy (non-hydrogen) atoms. The number of methoxy groups -OCH3 is 1. The summed E-state index contributed by atoms with van der Waals surface area (Å²) in [5.41, 5.74) is 1.37. The topological polar surface area (TPSA) is 71.6 Å². The Morgan fingerprint density at radius 3 is 2.91 bits per heavy atom. The van der Waals surface area contributed by atoms with Crippen LogP contribution in [0.3, 0.4) is 0 Å². The summed E-state index contributed by atoms with van der Waals surface area (Å²) >= 11 is 5.29. The summed E-state index contributed by atoms with van der Waals surface area (Å²) in [6.07, 6.45) is 2.36. The molecule has 1 aromatic rings. The number of hydrogen-bond acceptors (Lipinski definition) is 4. The van der Waals surface area contributed by atoms with Gasteiger partial charge in [0.05, 0.1) is 18.9 Å². The largest absolute Gasteiger partial charge is 0.495 e. The number of amides is 1. The predicted molar refractivity (Wildman–Crippen MR) is 90.5 cm³/mol. The van der Waals surface area contributed by atoms with Crippen molar-refractivity contribution in [3.63, 3.8) is 0 Å². The number of carbonyl (C=O) groups excluding carboxylic acids is 1. The van der Waals surface area contributed by atoms with Crippen LogP contribution in [0, 0.1) is 0 Å². The molecule has 0 aromatic heterocycles. The number of carbonyl (C=O) groups is 1. The first-order chi connectivity index (χ1) is 10.6. The lowest BCUT2D eigenvalue weighted by molar-refractivity contribution is -0.114. The number of benzene rings is 1. The Morgan fingerprint density at radius 2 is 2.27 bits per heavy atom. The predicted octanol–water partition coefficient (Wildman–Crippen LogP) is 2.12. The van der Waals surface area contributed by atoms with Crippen molar-refractivity contribution in [1.29, 1.82) is 0 Å². The number of hydrogen-bond donors (Lipinski definition) is 3. The SMILES string of the molecule is COc1ccc(NC(C)=O)cc1NC(=S)NC[C@H]1CCCO1. The third kappa shape index (κ3) is 4.85. The van der Waals surface area contributed by atoms with Crippen molar-refractivity contribution in [2.75, 3.05) is 30.9 Å². The van der Waals surface area contributed by atoms with Crippen LogP contribution in [-0.4, -0.2) is 37.4 Å². The summed E-state index contributed by atoms with van der Waals surface area (Å²) in [5, 5.41) is 9.45. The summed E-state index contributed by atoms with van der Waals surface area (Å²) < 4.78 is 10.8. The van der Waals surface area contributed by atoms with Gasteiger partial charge < -0.3 is 25.4 Å². The molecule has 2 rings (SSSR count). The molecule has 1 aliphatic rings. The molecule has 1 amide bonds. The van der Waals surface area contributed by atoms with E-state index in [1.165, 1.54) is 6.92 Å². The first-order valence-electron chi connectivity index (χ1n) is 7.20. The molecule has 0 aliphatic carbocycles. The van der Waals surface area contributed by atoms with E-state index in [9.17, 15) is 4.79 Å². The molecule has 0 bridgehead atoms. The van der Waals surface area contributed by atoms with Crippen molar-refractivity contribution in [3.8, 4) is 5.75 Å². The maximum absolute atomic E-state index is 11.1. The first-order valence-corrected chi connectivity index (χ1v) is 7.61. The molecule has 1 aromatic carbocycles. The highest BCUT2D eigenvalue weighted by molar-refractivity contribution is 7.80. The van der Waals surface area contributed by atoms with E-state index in [2.05, 4.69) is 16.0 Å². The van der Waals surface area contributed by atoms with Gasteiger partial charge in [-0.05, 0) is 43.3 Å². The van der Waals surface area contributed by atoms with Gasteiger partial charge in [-0.25, -0.2) is 0 Å². The fourth-order valence-electron chi connectivity index (χ4n) is 2.27. The lowest BCUT2D eigenvalue weighted by Crippen LogP contribution is -2.34. The van der Waals surface area contributed by atoms with E-state index < -0.39 is 0 Å². The highest BCUT2D eigenvalue weighted by atomic mass is 32.1. The van der Waals surface area contributed by atoms with Gasteiger partial charge in [-0.1, -0.05) is 0 Å². The van der Waals surface area contributed by atoms with E-state index in [0.717, 1.165) is 19.4 Å². The number of anilines is 2. The third-order valence-electron chi connectivity index (χ3n) is 3.28. The maximum atomic E-state index is 11.1. The van der Waals surface area contributed by atoms with Crippen molar-refractivity contribution in [2.24, 2.45) is 0 Å². The molecule has 120 valence electrons. The molecule has 7 heteroatoms. The van der Waals surface area contributed by atoms with Gasteiger partial charge in [0.2, 0.25) is 5.91 Å². The molecule has 0 saturated carbocycles. The lowest BCUT2D eigenvalue weighted by atomic mass is 10.2. The lowest BCUT2D eigenvalue weighted by Gasteiger charge is -2.16. The normalized spacial score (nSPS) is 16.9. The van der Waals surface area contributed by atoms with Gasteiger partial charge in [-0.15, -0.1) is 0 Å². The standard InChI is InChI=1S/C15H21N3O3S/c1-10(19)17-11-5-6-14(20-2)13(8-11)18-15(22)16-9-12-4-3-7-21-12/h5-6,8,12H,3-4,7,9H2,1-2H3,(H,17,19)(H2,16,18,22)/t12-/m1/s1. The van der Waals surface area contributed by atoms with Crippen LogP contribution in [0.25, 0.3) is 0 Å². The van der Waals surface area contributed by atoms with E-state index in [4.69, 9.17) is 21.7 Å². The Morgan fingerprint density at radius 1 is 1.45 bits per heavy atom. The van der Waals surface area contributed by atoms with Crippen LogP contribution in [0.5, 0.6) is 5.75 Å². The summed E-state index contributed by atoms with van der Waals surface area (Å²) in [7, 11) is 1.58. The van der Waals surface area contributed by atoms with Crippen molar-refractivity contribution in [3.05, 3.63) is 18.2 Å². The Labute approximate surface area is 135 Å². The summed E-state index contributed by atoms with van der Waals surface area (Å²) in [6, 6.07) is 5.32. The monoisotopic (exact) mass is 323 g/mol. The van der Waals surface area contributed by atoms with Gasteiger partial charge in [0, 0.05) is 25.8 Å². The van der Waals surface area contributed by atoms with E-state index in [1.807, 2.05) is 0 Å². The minimum atomic E-state index is -0.129. The molecule has 1 heterocycles. The third-order valence-corrected chi connectivity index (χ3v) is 3.53. The highest BCUT2D eigenvalue weighted by Gasteiger charge is 2.15. The zero-order valence-electron chi connectivity index (χ0n) is 12.8. The quantitative estimate of drug-likeness (QED) is 0.721. The molecular weight excluding hydrogens is 302 g/mol. The number of thiocarbonyl (C=S) groups is 1. The van der Waals surface area contributed by atoms with Gasteiger partial charge in [-0.2, -0.15) is 0 Å². The minimum Gasteiger partial charge on any atom is -0.495 e. The molecule has 1 aliphatic heterocycles. The van der Waals surface area contributed by atoms with Gasteiger partial charge in [-0.3, -0.25) is 4.79 Å². The van der Waals surface area contributed by atoms with Crippen LogP contribution < -0.4 is 20.7 Å². The second-order valence-electron chi connectivity index (χ2n) is 5.07. The molecule has 3 N–H and O–H groups in total. The summed E-state index contributed by atoms with van der Waals surface area (Å²) in [5.74, 6) is 0.519. The number of nitrogens with one attached hydrogen (secondary N) is 3. The van der Waals surface area contributed by atoms with E-state index in [0.29, 0.717) is 28.8 Å². The molecule has 1 fully saturated rings. The second kappa shape index (κ2) is 7.95. The van der Waals surface area contributed by atoms with E-state index in [-0.39, 0.29) is 12.0 Å². The zero-order valence-corrected chi connectivity index (χ0v) is 13.6. The van der Waals surface area contributed by atoms with Gasteiger partial charge >= 0.3 is 0 Å². The Hall–Kier alpha value is -1.86. The summed E-state index contributed by atoms with van der Waals surface area (Å²) in [6.45, 7) is 2.96. The molecule has 0 radical (unpaired) electrons. The van der Waals surface area contributed by atoms with Crippen LogP contribution in [-0.2, 0) is 9.53 Å².